The third-order valence-electron chi connectivity index (χ3n) is 3.35. The van der Waals surface area contributed by atoms with Crippen molar-refractivity contribution in [3.8, 4) is 0 Å². The highest BCUT2D eigenvalue weighted by Gasteiger charge is 2.46. The van der Waals surface area contributed by atoms with Crippen LogP contribution in [0.25, 0.3) is 0 Å². The molecule has 14 heavy (non-hydrogen) atoms. The summed E-state index contributed by atoms with van der Waals surface area (Å²) in [5.41, 5.74) is 0. The summed E-state index contributed by atoms with van der Waals surface area (Å²) in [6.07, 6.45) is -1.02. The minimum absolute atomic E-state index is 0.0347. The Kier molecular flexibility index (Phi) is 2.77. The molecule has 82 valence electrons. The van der Waals surface area contributed by atoms with Gasteiger partial charge in [0.25, 0.3) is 0 Å². The molecule has 2 heterocycles. The van der Waals surface area contributed by atoms with Crippen molar-refractivity contribution < 1.29 is 20.4 Å². The van der Waals surface area contributed by atoms with E-state index < -0.39 is 18.3 Å². The highest BCUT2D eigenvalue weighted by Crippen LogP contribution is 2.31. The number of hydrogen-bond acceptors (Lipinski definition) is 5. The summed E-state index contributed by atoms with van der Waals surface area (Å²) in [4.78, 5) is 1.90. The van der Waals surface area contributed by atoms with Gasteiger partial charge in [-0.15, -0.1) is 0 Å². The molecule has 0 aromatic rings. The van der Waals surface area contributed by atoms with Gasteiger partial charge in [-0.2, -0.15) is 0 Å². The zero-order valence-electron chi connectivity index (χ0n) is 7.95. The Bertz CT molecular complexity index is 211. The standard InChI is InChI=1S/C9H17NO4/c11-4-5-1-6(12)2-7-9(14)8(13)3-10(5)7/h5-9,11-14H,1-4H2/t5-,6-,7+,8+,9+/m0/s1. The SMILES string of the molecule is OC[C@@H]1C[C@H](O)C[C@@H]2[C@@H](O)[C@H](O)CN12. The predicted octanol–water partition coefficient (Wildman–Crippen LogP) is -2.09. The number of nitrogens with zero attached hydrogens (tertiary/aromatic N) is 1. The maximum Gasteiger partial charge on any atom is 0.0967 e. The van der Waals surface area contributed by atoms with E-state index in [1.807, 2.05) is 4.90 Å². The Labute approximate surface area is 82.6 Å². The van der Waals surface area contributed by atoms with Crippen molar-refractivity contribution in [1.29, 1.82) is 0 Å². The first-order valence-corrected chi connectivity index (χ1v) is 5.04. The topological polar surface area (TPSA) is 84.2 Å². The van der Waals surface area contributed by atoms with Crippen LogP contribution in [0.15, 0.2) is 0 Å². The normalized spacial score (nSPS) is 49.3. The van der Waals surface area contributed by atoms with Crippen molar-refractivity contribution in [3.63, 3.8) is 0 Å². The van der Waals surface area contributed by atoms with Gasteiger partial charge in [0.05, 0.1) is 24.9 Å². The van der Waals surface area contributed by atoms with Crippen molar-refractivity contribution in [2.45, 2.75) is 43.2 Å². The van der Waals surface area contributed by atoms with Crippen molar-refractivity contribution in [2.75, 3.05) is 13.2 Å². The molecule has 0 spiro atoms. The number of fused-ring (bicyclic) bond motifs is 1. The molecule has 0 aromatic carbocycles. The number of aliphatic hydroxyl groups is 4. The van der Waals surface area contributed by atoms with E-state index in [1.165, 1.54) is 0 Å². The summed E-state index contributed by atoms with van der Waals surface area (Å²) in [5, 5.41) is 37.8. The summed E-state index contributed by atoms with van der Waals surface area (Å²) in [6.45, 7) is 0.358. The van der Waals surface area contributed by atoms with Crippen LogP contribution in [0.5, 0.6) is 0 Å². The van der Waals surface area contributed by atoms with E-state index in [4.69, 9.17) is 5.11 Å². The van der Waals surface area contributed by atoms with Crippen LogP contribution in [-0.4, -0.2) is 68.9 Å². The van der Waals surface area contributed by atoms with Gasteiger partial charge >= 0.3 is 0 Å². The number of rotatable bonds is 1. The number of hydrogen-bond donors (Lipinski definition) is 4. The second-order valence-electron chi connectivity index (χ2n) is 4.28. The van der Waals surface area contributed by atoms with Crippen LogP contribution in [0.2, 0.25) is 0 Å². The molecule has 2 saturated heterocycles. The Morgan fingerprint density at radius 3 is 2.50 bits per heavy atom. The monoisotopic (exact) mass is 203 g/mol. The van der Waals surface area contributed by atoms with Crippen LogP contribution in [0.3, 0.4) is 0 Å². The van der Waals surface area contributed by atoms with Gasteiger partial charge in [0.2, 0.25) is 0 Å². The van der Waals surface area contributed by atoms with Crippen LogP contribution in [0, 0.1) is 0 Å². The molecule has 4 N–H and O–H groups in total. The Morgan fingerprint density at radius 2 is 1.86 bits per heavy atom. The molecule has 0 saturated carbocycles. The third kappa shape index (κ3) is 1.55. The van der Waals surface area contributed by atoms with Gasteiger partial charge in [0.1, 0.15) is 0 Å². The summed E-state index contributed by atoms with van der Waals surface area (Å²) in [7, 11) is 0. The summed E-state index contributed by atoms with van der Waals surface area (Å²) >= 11 is 0. The smallest absolute Gasteiger partial charge is 0.0967 e. The quantitative estimate of drug-likeness (QED) is 0.393. The van der Waals surface area contributed by atoms with Crippen LogP contribution >= 0.6 is 0 Å². The number of aliphatic hydroxyl groups excluding tert-OH is 4. The van der Waals surface area contributed by atoms with Gasteiger partial charge in [0, 0.05) is 18.6 Å². The summed E-state index contributed by atoms with van der Waals surface area (Å²) in [6, 6.07) is -0.332. The van der Waals surface area contributed by atoms with Crippen molar-refractivity contribution >= 4 is 0 Å². The van der Waals surface area contributed by atoms with E-state index in [2.05, 4.69) is 0 Å². The molecular weight excluding hydrogens is 186 g/mol. The molecule has 5 heteroatoms. The lowest BCUT2D eigenvalue weighted by Crippen LogP contribution is -2.51. The predicted molar refractivity (Wildman–Crippen MR) is 48.6 cm³/mol. The van der Waals surface area contributed by atoms with Crippen LogP contribution in [0.4, 0.5) is 0 Å². The molecule has 2 aliphatic rings. The Balaban J connectivity index is 2.12. The zero-order valence-corrected chi connectivity index (χ0v) is 7.95. The molecule has 2 rings (SSSR count). The van der Waals surface area contributed by atoms with Crippen molar-refractivity contribution in [2.24, 2.45) is 0 Å². The van der Waals surface area contributed by atoms with E-state index in [1.54, 1.807) is 0 Å². The first-order valence-electron chi connectivity index (χ1n) is 5.04. The second kappa shape index (κ2) is 3.75. The van der Waals surface area contributed by atoms with E-state index in [0.717, 1.165) is 0 Å². The Morgan fingerprint density at radius 1 is 1.14 bits per heavy atom. The highest BCUT2D eigenvalue weighted by atomic mass is 16.3. The largest absolute Gasteiger partial charge is 0.395 e. The average Bonchev–Trinajstić information content (AvgIpc) is 2.43. The van der Waals surface area contributed by atoms with E-state index in [-0.39, 0.29) is 18.7 Å². The second-order valence-corrected chi connectivity index (χ2v) is 4.28. The summed E-state index contributed by atoms with van der Waals surface area (Å²) in [5.74, 6) is 0. The van der Waals surface area contributed by atoms with Gasteiger partial charge in [-0.1, -0.05) is 0 Å². The van der Waals surface area contributed by atoms with Gasteiger partial charge < -0.3 is 20.4 Å². The lowest BCUT2D eigenvalue weighted by atomic mass is 9.93. The molecule has 5 nitrogen and oxygen atoms in total. The molecule has 0 aliphatic carbocycles. The Hall–Kier alpha value is -0.200. The van der Waals surface area contributed by atoms with Crippen LogP contribution in [0.1, 0.15) is 12.8 Å². The maximum absolute atomic E-state index is 9.64. The number of piperidine rings is 1. The summed E-state index contributed by atoms with van der Waals surface area (Å²) < 4.78 is 0. The van der Waals surface area contributed by atoms with E-state index in [9.17, 15) is 15.3 Å². The molecule has 0 unspecified atom stereocenters. The van der Waals surface area contributed by atoms with Crippen LogP contribution in [-0.2, 0) is 0 Å². The maximum atomic E-state index is 9.64. The first kappa shape index (κ1) is 10.3. The zero-order chi connectivity index (χ0) is 10.3. The fourth-order valence-corrected chi connectivity index (χ4v) is 2.61. The molecule has 0 bridgehead atoms. The molecule has 5 atom stereocenters. The average molecular weight is 203 g/mol. The fourth-order valence-electron chi connectivity index (χ4n) is 2.61. The molecule has 0 amide bonds. The minimum Gasteiger partial charge on any atom is -0.395 e. The van der Waals surface area contributed by atoms with Gasteiger partial charge in [-0.05, 0) is 12.8 Å². The molecule has 0 radical (unpaired) electrons. The molecular formula is C9H17NO4. The first-order chi connectivity index (χ1) is 6.63. The van der Waals surface area contributed by atoms with E-state index >= 15 is 0 Å². The highest BCUT2D eigenvalue weighted by molar-refractivity contribution is 5.00. The van der Waals surface area contributed by atoms with Crippen molar-refractivity contribution in [3.05, 3.63) is 0 Å². The van der Waals surface area contributed by atoms with Gasteiger partial charge in [-0.3, -0.25) is 4.90 Å². The molecule has 0 aromatic heterocycles. The minimum atomic E-state index is -0.793. The lowest BCUT2D eigenvalue weighted by Gasteiger charge is -2.39. The lowest BCUT2D eigenvalue weighted by molar-refractivity contribution is -0.0295. The fraction of sp³-hybridized carbons (Fsp3) is 1.00. The van der Waals surface area contributed by atoms with Crippen LogP contribution < -0.4 is 0 Å². The van der Waals surface area contributed by atoms with Gasteiger partial charge in [-0.25, -0.2) is 0 Å². The molecule has 2 fully saturated rings. The third-order valence-corrected chi connectivity index (χ3v) is 3.35. The van der Waals surface area contributed by atoms with E-state index in [0.29, 0.717) is 19.4 Å². The van der Waals surface area contributed by atoms with Gasteiger partial charge in [0.15, 0.2) is 0 Å². The molecule has 2 aliphatic heterocycles. The van der Waals surface area contributed by atoms with Crippen molar-refractivity contribution in [1.82, 2.24) is 4.90 Å².